The van der Waals surface area contributed by atoms with Crippen LogP contribution < -0.4 is 5.32 Å². The number of phenolic OH excluding ortho intramolecular Hbond substituents is 1. The number of phenols is 1. The normalized spacial score (nSPS) is 19.5. The molecule has 20 heavy (non-hydrogen) atoms. The zero-order chi connectivity index (χ0) is 14.8. The molecule has 1 fully saturated rings. The van der Waals surface area contributed by atoms with Crippen LogP contribution in [0, 0.1) is 6.92 Å². The molecule has 0 amide bonds. The number of hydrogen-bond donors (Lipinski definition) is 3. The molecular weight excluding hydrogens is 256 g/mol. The SMILES string of the molecule is Cc1ccc(O)c(CC(C)(C(=O)O)N2CCNCC2)c1. The third-order valence-corrected chi connectivity index (χ3v) is 4.05. The summed E-state index contributed by atoms with van der Waals surface area (Å²) in [5.41, 5.74) is 0.715. The molecule has 1 atom stereocenters. The first-order chi connectivity index (χ1) is 9.43. The van der Waals surface area contributed by atoms with Gasteiger partial charge in [-0.1, -0.05) is 17.7 Å². The van der Waals surface area contributed by atoms with Crippen molar-refractivity contribution in [3.8, 4) is 5.75 Å². The first-order valence-electron chi connectivity index (χ1n) is 6.91. The van der Waals surface area contributed by atoms with E-state index in [1.54, 1.807) is 13.0 Å². The lowest BCUT2D eigenvalue weighted by Gasteiger charge is -2.40. The zero-order valence-electron chi connectivity index (χ0n) is 12.0. The quantitative estimate of drug-likeness (QED) is 0.766. The summed E-state index contributed by atoms with van der Waals surface area (Å²) in [5.74, 6) is -0.682. The van der Waals surface area contributed by atoms with E-state index < -0.39 is 11.5 Å². The highest BCUT2D eigenvalue weighted by Gasteiger charge is 2.40. The Kier molecular flexibility index (Phi) is 4.30. The summed E-state index contributed by atoms with van der Waals surface area (Å²) in [7, 11) is 0. The van der Waals surface area contributed by atoms with Gasteiger partial charge in [0.2, 0.25) is 0 Å². The van der Waals surface area contributed by atoms with Gasteiger partial charge >= 0.3 is 5.97 Å². The Balaban J connectivity index is 2.28. The second kappa shape index (κ2) is 5.81. The van der Waals surface area contributed by atoms with Gasteiger partial charge in [0, 0.05) is 32.6 Å². The van der Waals surface area contributed by atoms with Gasteiger partial charge in [-0.15, -0.1) is 0 Å². The molecule has 1 aliphatic heterocycles. The van der Waals surface area contributed by atoms with Gasteiger partial charge in [0.25, 0.3) is 0 Å². The predicted molar refractivity (Wildman–Crippen MR) is 77.0 cm³/mol. The third kappa shape index (κ3) is 2.94. The molecule has 0 aromatic heterocycles. The predicted octanol–water partition coefficient (Wildman–Crippen LogP) is 0.992. The van der Waals surface area contributed by atoms with Gasteiger partial charge < -0.3 is 15.5 Å². The van der Waals surface area contributed by atoms with E-state index in [9.17, 15) is 15.0 Å². The molecule has 0 radical (unpaired) electrons. The van der Waals surface area contributed by atoms with Crippen LogP contribution in [0.5, 0.6) is 5.75 Å². The van der Waals surface area contributed by atoms with Crippen LogP contribution in [-0.2, 0) is 11.2 Å². The molecule has 0 bridgehead atoms. The lowest BCUT2D eigenvalue weighted by molar-refractivity contribution is -0.151. The summed E-state index contributed by atoms with van der Waals surface area (Å²) >= 11 is 0. The van der Waals surface area contributed by atoms with Crippen molar-refractivity contribution in [3.63, 3.8) is 0 Å². The van der Waals surface area contributed by atoms with Crippen LogP contribution >= 0.6 is 0 Å². The van der Waals surface area contributed by atoms with Crippen molar-refractivity contribution < 1.29 is 15.0 Å². The van der Waals surface area contributed by atoms with E-state index in [1.807, 2.05) is 24.0 Å². The van der Waals surface area contributed by atoms with Crippen molar-refractivity contribution >= 4 is 5.97 Å². The maximum absolute atomic E-state index is 11.8. The van der Waals surface area contributed by atoms with Crippen molar-refractivity contribution in [1.82, 2.24) is 10.2 Å². The zero-order valence-corrected chi connectivity index (χ0v) is 12.0. The van der Waals surface area contributed by atoms with Crippen LogP contribution in [0.4, 0.5) is 0 Å². The molecule has 2 rings (SSSR count). The number of carbonyl (C=O) groups is 1. The van der Waals surface area contributed by atoms with Crippen LogP contribution in [0.25, 0.3) is 0 Å². The minimum absolute atomic E-state index is 0.165. The molecule has 0 saturated carbocycles. The van der Waals surface area contributed by atoms with Crippen molar-refractivity contribution in [2.45, 2.75) is 25.8 Å². The molecule has 1 saturated heterocycles. The summed E-state index contributed by atoms with van der Waals surface area (Å²) in [5, 5.41) is 22.8. The second-order valence-electron chi connectivity index (χ2n) is 5.62. The van der Waals surface area contributed by atoms with E-state index in [-0.39, 0.29) is 5.75 Å². The fraction of sp³-hybridized carbons (Fsp3) is 0.533. The van der Waals surface area contributed by atoms with Crippen LogP contribution in [0.3, 0.4) is 0 Å². The maximum Gasteiger partial charge on any atom is 0.324 e. The Morgan fingerprint density at radius 1 is 1.40 bits per heavy atom. The number of nitrogens with zero attached hydrogens (tertiary/aromatic N) is 1. The fourth-order valence-corrected chi connectivity index (χ4v) is 2.71. The molecule has 1 aromatic carbocycles. The van der Waals surface area contributed by atoms with Crippen molar-refractivity contribution in [2.24, 2.45) is 0 Å². The summed E-state index contributed by atoms with van der Waals surface area (Å²) in [6, 6.07) is 5.31. The van der Waals surface area contributed by atoms with E-state index in [4.69, 9.17) is 0 Å². The smallest absolute Gasteiger partial charge is 0.324 e. The summed E-state index contributed by atoms with van der Waals surface area (Å²) in [4.78, 5) is 13.8. The Morgan fingerprint density at radius 3 is 2.65 bits per heavy atom. The largest absolute Gasteiger partial charge is 0.508 e. The van der Waals surface area contributed by atoms with Gasteiger partial charge in [0.15, 0.2) is 0 Å². The highest BCUT2D eigenvalue weighted by Crippen LogP contribution is 2.27. The number of nitrogens with one attached hydrogen (secondary N) is 1. The lowest BCUT2D eigenvalue weighted by atomic mass is 9.89. The van der Waals surface area contributed by atoms with E-state index in [1.165, 1.54) is 0 Å². The van der Waals surface area contributed by atoms with Crippen molar-refractivity contribution in [1.29, 1.82) is 0 Å². The van der Waals surface area contributed by atoms with Gasteiger partial charge in [0.05, 0.1) is 0 Å². The fourth-order valence-electron chi connectivity index (χ4n) is 2.71. The summed E-state index contributed by atoms with van der Waals surface area (Å²) in [6.45, 7) is 6.67. The number of piperazine rings is 1. The van der Waals surface area contributed by atoms with Crippen molar-refractivity contribution in [3.05, 3.63) is 29.3 Å². The van der Waals surface area contributed by atoms with Gasteiger partial charge in [-0.25, -0.2) is 0 Å². The third-order valence-electron chi connectivity index (χ3n) is 4.05. The number of aliphatic carboxylic acids is 1. The molecule has 1 aliphatic rings. The molecule has 1 unspecified atom stereocenters. The van der Waals surface area contributed by atoms with Gasteiger partial charge in [-0.05, 0) is 25.5 Å². The molecule has 1 heterocycles. The average molecular weight is 278 g/mol. The van der Waals surface area contributed by atoms with E-state index in [2.05, 4.69) is 5.32 Å². The minimum Gasteiger partial charge on any atom is -0.508 e. The average Bonchev–Trinajstić information content (AvgIpc) is 2.43. The van der Waals surface area contributed by atoms with E-state index in [0.29, 0.717) is 25.1 Å². The summed E-state index contributed by atoms with van der Waals surface area (Å²) < 4.78 is 0. The molecule has 3 N–H and O–H groups in total. The van der Waals surface area contributed by atoms with Crippen LogP contribution in [0.1, 0.15) is 18.1 Å². The Morgan fingerprint density at radius 2 is 2.05 bits per heavy atom. The molecule has 5 heteroatoms. The van der Waals surface area contributed by atoms with Crippen LogP contribution in [0.2, 0.25) is 0 Å². The molecule has 5 nitrogen and oxygen atoms in total. The number of benzene rings is 1. The highest BCUT2D eigenvalue weighted by molar-refractivity contribution is 5.79. The molecule has 0 aliphatic carbocycles. The van der Waals surface area contributed by atoms with E-state index >= 15 is 0 Å². The number of aromatic hydroxyl groups is 1. The topological polar surface area (TPSA) is 72.8 Å². The first kappa shape index (κ1) is 14.8. The number of aryl methyl sites for hydroxylation is 1. The standard InChI is InChI=1S/C15H22N2O3/c1-11-3-4-13(18)12(9-11)10-15(2,14(19)20)17-7-5-16-6-8-17/h3-4,9,16,18H,5-8,10H2,1-2H3,(H,19,20). The van der Waals surface area contributed by atoms with Gasteiger partial charge in [-0.2, -0.15) is 0 Å². The maximum atomic E-state index is 11.8. The molecule has 110 valence electrons. The molecule has 0 spiro atoms. The van der Waals surface area contributed by atoms with Crippen LogP contribution in [0.15, 0.2) is 18.2 Å². The van der Waals surface area contributed by atoms with Gasteiger partial charge in [-0.3, -0.25) is 9.69 Å². The molecule has 1 aromatic rings. The first-order valence-corrected chi connectivity index (χ1v) is 6.91. The number of hydrogen-bond acceptors (Lipinski definition) is 4. The Hall–Kier alpha value is -1.59. The van der Waals surface area contributed by atoms with E-state index in [0.717, 1.165) is 18.7 Å². The van der Waals surface area contributed by atoms with Gasteiger partial charge in [0.1, 0.15) is 11.3 Å². The number of carboxylic acids is 1. The highest BCUT2D eigenvalue weighted by atomic mass is 16.4. The number of rotatable bonds is 4. The van der Waals surface area contributed by atoms with Crippen molar-refractivity contribution in [2.75, 3.05) is 26.2 Å². The lowest BCUT2D eigenvalue weighted by Crippen LogP contribution is -2.59. The Labute approximate surface area is 119 Å². The van der Waals surface area contributed by atoms with Crippen LogP contribution in [-0.4, -0.2) is 52.8 Å². The summed E-state index contributed by atoms with van der Waals surface area (Å²) in [6.07, 6.45) is 0.301. The second-order valence-corrected chi connectivity index (χ2v) is 5.62. The Bertz CT molecular complexity index is 498. The number of carboxylic acid groups (broad SMARTS) is 1. The minimum atomic E-state index is -0.993. The monoisotopic (exact) mass is 278 g/mol. The molecular formula is C15H22N2O3.